The maximum atomic E-state index is 13.2. The van der Waals surface area contributed by atoms with Crippen molar-refractivity contribution in [2.75, 3.05) is 39.5 Å². The molecule has 3 unspecified atom stereocenters. The molecule has 0 aliphatic carbocycles. The van der Waals surface area contributed by atoms with Gasteiger partial charge >= 0.3 is 0 Å². The van der Waals surface area contributed by atoms with Crippen LogP contribution in [0.3, 0.4) is 0 Å². The summed E-state index contributed by atoms with van der Waals surface area (Å²) in [5.74, 6) is 0.908. The van der Waals surface area contributed by atoms with Crippen LogP contribution in [0.25, 0.3) is 0 Å². The van der Waals surface area contributed by atoms with E-state index in [1.807, 2.05) is 0 Å². The first-order valence-electron chi connectivity index (χ1n) is 11.0. The van der Waals surface area contributed by atoms with E-state index < -0.39 is 5.41 Å². The molecule has 0 aromatic rings. The van der Waals surface area contributed by atoms with Gasteiger partial charge in [-0.25, -0.2) is 0 Å². The van der Waals surface area contributed by atoms with Crippen molar-refractivity contribution in [1.29, 1.82) is 0 Å². The Labute approximate surface area is 168 Å². The molecular weight excluding hydrogens is 358 g/mol. The molecule has 3 aliphatic rings. The fourth-order valence-electron chi connectivity index (χ4n) is 4.81. The van der Waals surface area contributed by atoms with Crippen molar-refractivity contribution >= 4 is 11.8 Å². The molecule has 160 valence electrons. The summed E-state index contributed by atoms with van der Waals surface area (Å²) in [7, 11) is 0. The van der Waals surface area contributed by atoms with Gasteiger partial charge in [0, 0.05) is 51.5 Å². The summed E-state index contributed by atoms with van der Waals surface area (Å²) in [6, 6.07) is 0.227. The van der Waals surface area contributed by atoms with E-state index in [0.717, 1.165) is 58.7 Å². The Morgan fingerprint density at radius 3 is 2.00 bits per heavy atom. The zero-order valence-electron chi connectivity index (χ0n) is 17.4. The highest BCUT2D eigenvalue weighted by molar-refractivity contribution is 5.89. The summed E-state index contributed by atoms with van der Waals surface area (Å²) in [5, 5.41) is 9.67. The van der Waals surface area contributed by atoms with Crippen molar-refractivity contribution in [3.8, 4) is 0 Å². The number of hydrogen-bond acceptors (Lipinski definition) is 5. The SMILES string of the molecule is CC(NC(=O)CC1(C(=O)NC(C)C2CCOCC2)CCNC1)C1CCOCC1. The van der Waals surface area contributed by atoms with Crippen molar-refractivity contribution in [1.82, 2.24) is 16.0 Å². The van der Waals surface area contributed by atoms with Crippen LogP contribution in [0.2, 0.25) is 0 Å². The second kappa shape index (κ2) is 10.0. The molecule has 28 heavy (non-hydrogen) atoms. The van der Waals surface area contributed by atoms with Crippen LogP contribution in [0.5, 0.6) is 0 Å². The highest BCUT2D eigenvalue weighted by Gasteiger charge is 2.44. The van der Waals surface area contributed by atoms with Gasteiger partial charge in [-0.1, -0.05) is 0 Å². The number of rotatable bonds is 7. The average molecular weight is 396 g/mol. The molecule has 3 N–H and O–H groups in total. The summed E-state index contributed by atoms with van der Waals surface area (Å²) >= 11 is 0. The minimum Gasteiger partial charge on any atom is -0.381 e. The third kappa shape index (κ3) is 5.45. The summed E-state index contributed by atoms with van der Waals surface area (Å²) in [4.78, 5) is 25.9. The standard InChI is InChI=1S/C21H37N3O4/c1-15(17-3-9-27-10-4-17)23-19(25)13-21(7-8-22-14-21)20(26)24-16(2)18-5-11-28-12-6-18/h15-18,22H,3-14H2,1-2H3,(H,23,25)(H,24,26). The predicted molar refractivity (Wildman–Crippen MR) is 107 cm³/mol. The van der Waals surface area contributed by atoms with Crippen LogP contribution >= 0.6 is 0 Å². The quantitative estimate of drug-likeness (QED) is 0.603. The van der Waals surface area contributed by atoms with Gasteiger partial charge in [0.15, 0.2) is 0 Å². The van der Waals surface area contributed by atoms with Gasteiger partial charge in [0.1, 0.15) is 0 Å². The van der Waals surface area contributed by atoms with Gasteiger partial charge in [-0.15, -0.1) is 0 Å². The third-order valence-electron chi connectivity index (χ3n) is 6.92. The van der Waals surface area contributed by atoms with Crippen LogP contribution in [0, 0.1) is 17.3 Å². The molecule has 3 rings (SSSR count). The van der Waals surface area contributed by atoms with E-state index in [1.54, 1.807) is 0 Å². The topological polar surface area (TPSA) is 88.7 Å². The largest absolute Gasteiger partial charge is 0.381 e. The Balaban J connectivity index is 1.54. The molecule has 7 heteroatoms. The van der Waals surface area contributed by atoms with Crippen LogP contribution in [0.15, 0.2) is 0 Å². The van der Waals surface area contributed by atoms with E-state index in [2.05, 4.69) is 29.8 Å². The van der Waals surface area contributed by atoms with Gasteiger partial charge in [-0.2, -0.15) is 0 Å². The minimum absolute atomic E-state index is 0.0171. The minimum atomic E-state index is -0.640. The lowest BCUT2D eigenvalue weighted by Gasteiger charge is -2.33. The molecule has 0 saturated carbocycles. The molecule has 0 radical (unpaired) electrons. The molecule has 0 bridgehead atoms. The van der Waals surface area contributed by atoms with Crippen molar-refractivity contribution < 1.29 is 19.1 Å². The molecule has 3 saturated heterocycles. The molecule has 3 fully saturated rings. The van der Waals surface area contributed by atoms with Gasteiger partial charge in [0.2, 0.25) is 11.8 Å². The number of ether oxygens (including phenoxy) is 2. The van der Waals surface area contributed by atoms with Crippen LogP contribution in [0.4, 0.5) is 0 Å². The number of nitrogens with one attached hydrogen (secondary N) is 3. The van der Waals surface area contributed by atoms with E-state index in [-0.39, 0.29) is 30.3 Å². The summed E-state index contributed by atoms with van der Waals surface area (Å²) < 4.78 is 10.8. The van der Waals surface area contributed by atoms with E-state index in [4.69, 9.17) is 9.47 Å². The highest BCUT2D eigenvalue weighted by Crippen LogP contribution is 2.31. The Morgan fingerprint density at radius 2 is 1.50 bits per heavy atom. The molecule has 2 amide bonds. The Morgan fingerprint density at radius 1 is 0.964 bits per heavy atom. The van der Waals surface area contributed by atoms with E-state index in [9.17, 15) is 9.59 Å². The van der Waals surface area contributed by atoms with Crippen LogP contribution < -0.4 is 16.0 Å². The molecule has 3 aliphatic heterocycles. The summed E-state index contributed by atoms with van der Waals surface area (Å²) in [5.41, 5.74) is -0.640. The van der Waals surface area contributed by atoms with E-state index in [0.29, 0.717) is 24.8 Å². The van der Waals surface area contributed by atoms with Gasteiger partial charge < -0.3 is 25.4 Å². The van der Waals surface area contributed by atoms with Gasteiger partial charge in [-0.3, -0.25) is 9.59 Å². The third-order valence-corrected chi connectivity index (χ3v) is 6.92. The molecule has 0 spiro atoms. The first kappa shape index (κ1) is 21.5. The van der Waals surface area contributed by atoms with E-state index in [1.165, 1.54) is 0 Å². The summed E-state index contributed by atoms with van der Waals surface area (Å²) in [6.07, 6.45) is 4.89. The molecule has 7 nitrogen and oxygen atoms in total. The molecule has 0 aromatic heterocycles. The molecule has 3 atom stereocenters. The number of carbonyl (C=O) groups is 2. The zero-order chi connectivity index (χ0) is 20.0. The van der Waals surface area contributed by atoms with Crippen molar-refractivity contribution in [3.05, 3.63) is 0 Å². The average Bonchev–Trinajstić information content (AvgIpc) is 3.18. The van der Waals surface area contributed by atoms with Crippen LogP contribution in [-0.2, 0) is 19.1 Å². The van der Waals surface area contributed by atoms with Gasteiger partial charge in [0.05, 0.1) is 5.41 Å². The second-order valence-corrected chi connectivity index (χ2v) is 8.90. The normalized spacial score (nSPS) is 29.2. The molecular formula is C21H37N3O4. The fourth-order valence-corrected chi connectivity index (χ4v) is 4.81. The lowest BCUT2D eigenvalue weighted by Crippen LogP contribution is -2.51. The van der Waals surface area contributed by atoms with Gasteiger partial charge in [-0.05, 0) is 64.3 Å². The van der Waals surface area contributed by atoms with E-state index >= 15 is 0 Å². The Hall–Kier alpha value is -1.18. The lowest BCUT2D eigenvalue weighted by atomic mass is 9.81. The summed E-state index contributed by atoms with van der Waals surface area (Å²) in [6.45, 7) is 8.57. The maximum Gasteiger partial charge on any atom is 0.228 e. The van der Waals surface area contributed by atoms with Crippen molar-refractivity contribution in [2.45, 2.75) is 64.5 Å². The van der Waals surface area contributed by atoms with Crippen molar-refractivity contribution in [2.24, 2.45) is 17.3 Å². The monoisotopic (exact) mass is 395 g/mol. The lowest BCUT2D eigenvalue weighted by molar-refractivity contribution is -0.137. The fraction of sp³-hybridized carbons (Fsp3) is 0.905. The highest BCUT2D eigenvalue weighted by atomic mass is 16.5. The predicted octanol–water partition coefficient (Wildman–Crippen LogP) is 1.22. The Kier molecular flexibility index (Phi) is 7.71. The Bertz CT molecular complexity index is 524. The second-order valence-electron chi connectivity index (χ2n) is 8.90. The molecule has 3 heterocycles. The first-order valence-corrected chi connectivity index (χ1v) is 11.0. The number of amides is 2. The zero-order valence-corrected chi connectivity index (χ0v) is 17.4. The smallest absolute Gasteiger partial charge is 0.228 e. The number of carbonyl (C=O) groups excluding carboxylic acids is 2. The molecule has 0 aromatic carbocycles. The number of hydrogen-bond donors (Lipinski definition) is 3. The van der Waals surface area contributed by atoms with Crippen molar-refractivity contribution in [3.63, 3.8) is 0 Å². The van der Waals surface area contributed by atoms with Crippen LogP contribution in [-0.4, -0.2) is 63.4 Å². The first-order chi connectivity index (χ1) is 13.5. The maximum absolute atomic E-state index is 13.2. The van der Waals surface area contributed by atoms with Crippen LogP contribution in [0.1, 0.15) is 52.4 Å². The van der Waals surface area contributed by atoms with Gasteiger partial charge in [0.25, 0.3) is 0 Å².